The molecule has 0 N–H and O–H groups in total. The molecule has 0 aromatic heterocycles. The molecule has 3 atom stereocenters. The highest BCUT2D eigenvalue weighted by Gasteiger charge is 2.55. The normalized spacial score (nSPS) is 33.5. The third-order valence-electron chi connectivity index (χ3n) is 6.22. The molecule has 3 nitrogen and oxygen atoms in total. The topological polar surface area (TPSA) is 35.5 Å². The quantitative estimate of drug-likeness (QED) is 0.778. The highest BCUT2D eigenvalue weighted by Crippen LogP contribution is 2.57. The second-order valence-electron chi connectivity index (χ2n) is 7.29. The van der Waals surface area contributed by atoms with Crippen LogP contribution >= 0.6 is 0 Å². The Balaban J connectivity index is 2.09. The fourth-order valence-corrected chi connectivity index (χ4v) is 5.04. The van der Waals surface area contributed by atoms with Crippen LogP contribution in [0.15, 0.2) is 18.2 Å². The molecule has 0 aliphatic heterocycles. The number of aryl methyl sites for hydroxylation is 1. The summed E-state index contributed by atoms with van der Waals surface area (Å²) >= 11 is 0. The standard InChI is InChI=1S/C19H26O3/c1-18-10-5-11-19(2,17(20)22-4)16(18)9-7-13-6-8-14(21-3)12-15(13)18/h6,8,12,16H,5,7,9-11H2,1-4H3/t16-,18+,19-/m1/s1. The van der Waals surface area contributed by atoms with Crippen LogP contribution in [0.5, 0.6) is 5.75 Å². The van der Waals surface area contributed by atoms with Crippen LogP contribution in [0, 0.1) is 11.3 Å². The van der Waals surface area contributed by atoms with E-state index in [9.17, 15) is 4.79 Å². The molecule has 2 aliphatic rings. The van der Waals surface area contributed by atoms with Gasteiger partial charge in [-0.3, -0.25) is 4.79 Å². The van der Waals surface area contributed by atoms with Crippen LogP contribution in [0.4, 0.5) is 0 Å². The molecular weight excluding hydrogens is 276 g/mol. The summed E-state index contributed by atoms with van der Waals surface area (Å²) in [5.41, 5.74) is 2.44. The number of carbonyl (C=O) groups is 1. The molecule has 0 amide bonds. The highest BCUT2D eigenvalue weighted by molar-refractivity contribution is 5.77. The molecule has 0 bridgehead atoms. The maximum atomic E-state index is 12.5. The van der Waals surface area contributed by atoms with Crippen molar-refractivity contribution in [1.82, 2.24) is 0 Å². The Kier molecular flexibility index (Phi) is 3.70. The number of ether oxygens (including phenoxy) is 2. The van der Waals surface area contributed by atoms with Crippen LogP contribution in [0.3, 0.4) is 0 Å². The number of benzene rings is 1. The Morgan fingerprint density at radius 1 is 1.23 bits per heavy atom. The van der Waals surface area contributed by atoms with Gasteiger partial charge in [0, 0.05) is 0 Å². The number of hydrogen-bond acceptors (Lipinski definition) is 3. The first kappa shape index (κ1) is 15.4. The number of rotatable bonds is 2. The lowest BCUT2D eigenvalue weighted by Crippen LogP contribution is -2.52. The zero-order valence-electron chi connectivity index (χ0n) is 14.1. The Hall–Kier alpha value is -1.51. The zero-order valence-corrected chi connectivity index (χ0v) is 14.1. The molecule has 0 radical (unpaired) electrons. The maximum Gasteiger partial charge on any atom is 0.311 e. The molecule has 0 saturated heterocycles. The van der Waals surface area contributed by atoms with E-state index in [1.807, 2.05) is 6.07 Å². The third kappa shape index (κ3) is 2.05. The zero-order chi connectivity index (χ0) is 16.0. The van der Waals surface area contributed by atoms with Gasteiger partial charge in [-0.25, -0.2) is 0 Å². The van der Waals surface area contributed by atoms with Gasteiger partial charge >= 0.3 is 5.97 Å². The Labute approximate surface area is 133 Å². The van der Waals surface area contributed by atoms with Crippen LogP contribution in [-0.4, -0.2) is 20.2 Å². The summed E-state index contributed by atoms with van der Waals surface area (Å²) in [6, 6.07) is 6.43. The Bertz CT molecular complexity index is 594. The minimum atomic E-state index is -0.373. The summed E-state index contributed by atoms with van der Waals surface area (Å²) in [4.78, 5) is 12.5. The Morgan fingerprint density at radius 2 is 2.00 bits per heavy atom. The predicted molar refractivity (Wildman–Crippen MR) is 86.1 cm³/mol. The highest BCUT2D eigenvalue weighted by atomic mass is 16.5. The van der Waals surface area contributed by atoms with Gasteiger partial charge in [-0.1, -0.05) is 19.4 Å². The van der Waals surface area contributed by atoms with Gasteiger partial charge in [0.25, 0.3) is 0 Å². The van der Waals surface area contributed by atoms with E-state index in [4.69, 9.17) is 9.47 Å². The molecule has 1 fully saturated rings. The van der Waals surface area contributed by atoms with E-state index < -0.39 is 0 Å². The molecule has 2 aliphatic carbocycles. The van der Waals surface area contributed by atoms with Crippen molar-refractivity contribution in [3.05, 3.63) is 29.3 Å². The van der Waals surface area contributed by atoms with Crippen molar-refractivity contribution < 1.29 is 14.3 Å². The van der Waals surface area contributed by atoms with Crippen LogP contribution in [0.1, 0.15) is 50.7 Å². The number of carbonyl (C=O) groups excluding carboxylic acids is 1. The van der Waals surface area contributed by atoms with Crippen molar-refractivity contribution in [2.75, 3.05) is 14.2 Å². The molecule has 3 heteroatoms. The number of methoxy groups -OCH3 is 2. The van der Waals surface area contributed by atoms with E-state index in [1.165, 1.54) is 18.2 Å². The molecule has 120 valence electrons. The predicted octanol–water partition coefficient (Wildman–Crippen LogP) is 3.88. The maximum absolute atomic E-state index is 12.5. The van der Waals surface area contributed by atoms with E-state index >= 15 is 0 Å². The monoisotopic (exact) mass is 302 g/mol. The van der Waals surface area contributed by atoms with Gasteiger partial charge < -0.3 is 9.47 Å². The van der Waals surface area contributed by atoms with Gasteiger partial charge in [-0.05, 0) is 67.2 Å². The van der Waals surface area contributed by atoms with E-state index in [0.29, 0.717) is 5.92 Å². The average Bonchev–Trinajstić information content (AvgIpc) is 2.53. The van der Waals surface area contributed by atoms with Crippen LogP contribution in [0.25, 0.3) is 0 Å². The molecule has 0 heterocycles. The van der Waals surface area contributed by atoms with Crippen LogP contribution in [-0.2, 0) is 21.4 Å². The first-order chi connectivity index (χ1) is 10.5. The van der Waals surface area contributed by atoms with Gasteiger partial charge in [0.05, 0.1) is 19.6 Å². The van der Waals surface area contributed by atoms with Crippen molar-refractivity contribution in [2.45, 2.75) is 51.4 Å². The lowest BCUT2D eigenvalue weighted by Gasteiger charge is -2.54. The summed E-state index contributed by atoms with van der Waals surface area (Å²) in [6.07, 6.45) is 5.21. The Morgan fingerprint density at radius 3 is 2.68 bits per heavy atom. The number of esters is 1. The third-order valence-corrected chi connectivity index (χ3v) is 6.22. The van der Waals surface area contributed by atoms with Crippen LogP contribution < -0.4 is 4.74 Å². The minimum absolute atomic E-state index is 0.0311. The SMILES string of the molecule is COC(=O)[C@]1(C)CCC[C@@]2(C)c3cc(OC)ccc3CC[C@@H]12. The van der Waals surface area contributed by atoms with Crippen molar-refractivity contribution in [1.29, 1.82) is 0 Å². The molecule has 0 unspecified atom stereocenters. The van der Waals surface area contributed by atoms with Crippen molar-refractivity contribution in [3.63, 3.8) is 0 Å². The summed E-state index contributed by atoms with van der Waals surface area (Å²) in [5.74, 6) is 1.20. The van der Waals surface area contributed by atoms with Gasteiger partial charge in [-0.15, -0.1) is 0 Å². The first-order valence-corrected chi connectivity index (χ1v) is 8.21. The van der Waals surface area contributed by atoms with Gasteiger partial charge in [-0.2, -0.15) is 0 Å². The molecular formula is C19H26O3. The lowest BCUT2D eigenvalue weighted by atomic mass is 9.50. The second-order valence-corrected chi connectivity index (χ2v) is 7.29. The largest absolute Gasteiger partial charge is 0.497 e. The molecule has 1 aromatic carbocycles. The summed E-state index contributed by atoms with van der Waals surface area (Å²) < 4.78 is 10.6. The summed E-state index contributed by atoms with van der Waals surface area (Å²) in [6.45, 7) is 4.43. The number of fused-ring (bicyclic) bond motifs is 3. The van der Waals surface area contributed by atoms with E-state index in [-0.39, 0.29) is 16.8 Å². The van der Waals surface area contributed by atoms with Crippen molar-refractivity contribution >= 4 is 5.97 Å². The molecule has 1 aromatic rings. The second kappa shape index (κ2) is 5.29. The molecule has 0 spiro atoms. The molecule has 22 heavy (non-hydrogen) atoms. The fraction of sp³-hybridized carbons (Fsp3) is 0.632. The number of hydrogen-bond donors (Lipinski definition) is 0. The van der Waals surface area contributed by atoms with Crippen molar-refractivity contribution in [2.24, 2.45) is 11.3 Å². The minimum Gasteiger partial charge on any atom is -0.497 e. The molecule has 1 saturated carbocycles. The van der Waals surface area contributed by atoms with Gasteiger partial charge in [0.1, 0.15) is 5.75 Å². The van der Waals surface area contributed by atoms with Crippen LogP contribution in [0.2, 0.25) is 0 Å². The summed E-state index contributed by atoms with van der Waals surface area (Å²) in [7, 11) is 3.23. The van der Waals surface area contributed by atoms with E-state index in [1.54, 1.807) is 7.11 Å². The van der Waals surface area contributed by atoms with Gasteiger partial charge in [0.15, 0.2) is 0 Å². The molecule has 3 rings (SSSR count). The van der Waals surface area contributed by atoms with E-state index in [0.717, 1.165) is 37.9 Å². The van der Waals surface area contributed by atoms with E-state index in [2.05, 4.69) is 26.0 Å². The fourth-order valence-electron chi connectivity index (χ4n) is 5.04. The first-order valence-electron chi connectivity index (χ1n) is 8.21. The summed E-state index contributed by atoms with van der Waals surface area (Å²) in [5, 5.41) is 0. The van der Waals surface area contributed by atoms with Crippen molar-refractivity contribution in [3.8, 4) is 5.75 Å². The average molecular weight is 302 g/mol. The van der Waals surface area contributed by atoms with Gasteiger partial charge in [0.2, 0.25) is 0 Å². The smallest absolute Gasteiger partial charge is 0.311 e. The lowest BCUT2D eigenvalue weighted by molar-refractivity contribution is -0.161.